The molecule has 2 aromatic carbocycles. The first-order valence-electron chi connectivity index (χ1n) is 6.01. The predicted molar refractivity (Wildman–Crippen MR) is 82.5 cm³/mol. The van der Waals surface area contributed by atoms with Crippen molar-refractivity contribution < 1.29 is 4.79 Å². The molecule has 0 aromatic heterocycles. The number of rotatable bonds is 1. The van der Waals surface area contributed by atoms with Gasteiger partial charge in [0.05, 0.1) is 21.4 Å². The molecule has 0 radical (unpaired) electrons. The van der Waals surface area contributed by atoms with Crippen molar-refractivity contribution in [3.05, 3.63) is 57.6 Å². The van der Waals surface area contributed by atoms with E-state index in [1.807, 2.05) is 25.1 Å². The largest absolute Gasteiger partial charge is 0.320 e. The summed E-state index contributed by atoms with van der Waals surface area (Å²) >= 11 is 11.8. The number of hydrogen-bond donors (Lipinski definition) is 1. The number of halogens is 2. The van der Waals surface area contributed by atoms with Gasteiger partial charge in [-0.25, -0.2) is 4.99 Å². The summed E-state index contributed by atoms with van der Waals surface area (Å²) in [4.78, 5) is 16.4. The molecule has 0 bridgehead atoms. The molecule has 100 valence electrons. The molecule has 1 N–H and O–H groups in total. The number of carbonyl (C=O) groups excluding carboxylic acids is 1. The Morgan fingerprint density at radius 1 is 1.05 bits per heavy atom. The van der Waals surface area contributed by atoms with Crippen molar-refractivity contribution >= 4 is 46.2 Å². The van der Waals surface area contributed by atoms with Crippen LogP contribution in [0.5, 0.6) is 0 Å². The lowest BCUT2D eigenvalue weighted by atomic mass is 10.1. The van der Waals surface area contributed by atoms with Gasteiger partial charge in [0.2, 0.25) is 0 Å². The molecule has 0 saturated carbocycles. The van der Waals surface area contributed by atoms with E-state index < -0.39 is 0 Å². The molecule has 1 heterocycles. The number of carbonyl (C=O) groups is 1. The van der Waals surface area contributed by atoms with Gasteiger partial charge >= 0.3 is 0 Å². The van der Waals surface area contributed by atoms with E-state index in [2.05, 4.69) is 10.3 Å². The number of benzene rings is 2. The van der Waals surface area contributed by atoms with Gasteiger partial charge in [-0.2, -0.15) is 0 Å². The zero-order valence-electron chi connectivity index (χ0n) is 10.6. The lowest BCUT2D eigenvalue weighted by Crippen LogP contribution is -2.13. The van der Waals surface area contributed by atoms with Crippen LogP contribution in [0.15, 0.2) is 41.4 Å². The lowest BCUT2D eigenvalue weighted by Gasteiger charge is -2.01. The summed E-state index contributed by atoms with van der Waals surface area (Å²) in [5.74, 6) is -0.211. The number of anilines is 1. The Bertz CT molecular complexity index is 754. The molecule has 1 amide bonds. The van der Waals surface area contributed by atoms with Crippen molar-refractivity contribution in [3.63, 3.8) is 0 Å². The van der Waals surface area contributed by atoms with E-state index >= 15 is 0 Å². The fraction of sp³-hybridized carbons (Fsp3) is 0.0667. The molecule has 0 fully saturated rings. The molecule has 2 aromatic rings. The van der Waals surface area contributed by atoms with Crippen LogP contribution < -0.4 is 5.32 Å². The topological polar surface area (TPSA) is 41.5 Å². The number of aryl methyl sites for hydroxylation is 1. The highest BCUT2D eigenvalue weighted by Crippen LogP contribution is 2.30. The minimum Gasteiger partial charge on any atom is -0.320 e. The van der Waals surface area contributed by atoms with Crippen LogP contribution in [0.2, 0.25) is 10.0 Å². The molecular formula is C15H10Cl2N2O. The van der Waals surface area contributed by atoms with E-state index in [1.165, 1.54) is 0 Å². The van der Waals surface area contributed by atoms with E-state index in [4.69, 9.17) is 23.2 Å². The van der Waals surface area contributed by atoms with Gasteiger partial charge in [0, 0.05) is 5.56 Å². The average molecular weight is 305 g/mol. The number of amides is 1. The molecule has 5 heteroatoms. The van der Waals surface area contributed by atoms with Crippen LogP contribution in [0, 0.1) is 6.92 Å². The number of nitrogens with one attached hydrogen (secondary N) is 1. The second kappa shape index (κ2) is 4.93. The van der Waals surface area contributed by atoms with Crippen LogP contribution >= 0.6 is 23.2 Å². The third-order valence-corrected chi connectivity index (χ3v) is 3.78. The first-order valence-corrected chi connectivity index (χ1v) is 6.76. The summed E-state index contributed by atoms with van der Waals surface area (Å²) in [6.07, 6.45) is 0. The van der Waals surface area contributed by atoms with E-state index in [0.717, 1.165) is 16.8 Å². The van der Waals surface area contributed by atoms with Crippen molar-refractivity contribution in [2.75, 3.05) is 5.32 Å². The van der Waals surface area contributed by atoms with Gasteiger partial charge in [-0.05, 0) is 37.3 Å². The van der Waals surface area contributed by atoms with Crippen LogP contribution in [0.1, 0.15) is 11.1 Å². The van der Waals surface area contributed by atoms with E-state index in [9.17, 15) is 4.79 Å². The summed E-state index contributed by atoms with van der Waals surface area (Å²) < 4.78 is 0. The van der Waals surface area contributed by atoms with Gasteiger partial charge in [0.15, 0.2) is 0 Å². The number of hydrogen-bond acceptors (Lipinski definition) is 2. The molecular weight excluding hydrogens is 295 g/mol. The summed E-state index contributed by atoms with van der Waals surface area (Å²) in [5.41, 5.74) is 3.64. The minimum atomic E-state index is -0.211. The van der Waals surface area contributed by atoms with Crippen LogP contribution in [-0.4, -0.2) is 11.6 Å². The summed E-state index contributed by atoms with van der Waals surface area (Å²) in [7, 11) is 0. The smallest absolute Gasteiger partial charge is 0.275 e. The van der Waals surface area contributed by atoms with Crippen LogP contribution in [0.25, 0.3) is 0 Å². The predicted octanol–water partition coefficient (Wildman–Crippen LogP) is 4.37. The van der Waals surface area contributed by atoms with Crippen molar-refractivity contribution in [1.82, 2.24) is 0 Å². The van der Waals surface area contributed by atoms with Gasteiger partial charge in [-0.1, -0.05) is 34.8 Å². The first kappa shape index (κ1) is 13.2. The summed E-state index contributed by atoms with van der Waals surface area (Å²) in [6.45, 7) is 1.97. The first-order chi connectivity index (χ1) is 9.54. The Morgan fingerprint density at radius 3 is 2.60 bits per heavy atom. The van der Waals surface area contributed by atoms with Crippen LogP contribution in [0.4, 0.5) is 11.4 Å². The molecule has 1 aliphatic heterocycles. The van der Waals surface area contributed by atoms with Crippen LogP contribution in [-0.2, 0) is 4.79 Å². The van der Waals surface area contributed by atoms with Crippen molar-refractivity contribution in [1.29, 1.82) is 0 Å². The zero-order chi connectivity index (χ0) is 14.3. The third-order valence-electron chi connectivity index (χ3n) is 3.04. The second-order valence-electron chi connectivity index (χ2n) is 4.56. The quantitative estimate of drug-likeness (QED) is 0.835. The Balaban J connectivity index is 2.10. The molecule has 20 heavy (non-hydrogen) atoms. The molecule has 3 rings (SSSR count). The highest BCUT2D eigenvalue weighted by molar-refractivity contribution is 6.54. The van der Waals surface area contributed by atoms with Crippen molar-refractivity contribution in [2.45, 2.75) is 6.92 Å². The average Bonchev–Trinajstić information content (AvgIpc) is 2.70. The van der Waals surface area contributed by atoms with Gasteiger partial charge in [-0.3, -0.25) is 4.79 Å². The lowest BCUT2D eigenvalue weighted by molar-refractivity contribution is -0.110. The fourth-order valence-electron chi connectivity index (χ4n) is 2.06. The van der Waals surface area contributed by atoms with Gasteiger partial charge in [0.25, 0.3) is 5.91 Å². The third kappa shape index (κ3) is 2.30. The molecule has 0 aliphatic carbocycles. The Morgan fingerprint density at radius 2 is 1.85 bits per heavy atom. The maximum absolute atomic E-state index is 12.0. The summed E-state index contributed by atoms with van der Waals surface area (Å²) in [6, 6.07) is 10.8. The standard InChI is InChI=1S/C15H10Cl2N2O/c1-8-2-5-13-10(6-8)14(15(20)19-13)18-9-3-4-11(16)12(17)7-9/h2-7H,1H3,(H,18,19,20). The monoisotopic (exact) mass is 304 g/mol. The van der Waals surface area contributed by atoms with Crippen LogP contribution in [0.3, 0.4) is 0 Å². The van der Waals surface area contributed by atoms with Crippen molar-refractivity contribution in [3.8, 4) is 0 Å². The normalized spacial score (nSPS) is 15.3. The van der Waals surface area contributed by atoms with Crippen molar-refractivity contribution in [2.24, 2.45) is 4.99 Å². The molecule has 0 saturated heterocycles. The zero-order valence-corrected chi connectivity index (χ0v) is 12.1. The molecule has 3 nitrogen and oxygen atoms in total. The maximum Gasteiger partial charge on any atom is 0.275 e. The van der Waals surface area contributed by atoms with Gasteiger partial charge in [0.1, 0.15) is 5.71 Å². The van der Waals surface area contributed by atoms with E-state index in [0.29, 0.717) is 21.4 Å². The Kier molecular flexibility index (Phi) is 3.24. The molecule has 0 spiro atoms. The van der Waals surface area contributed by atoms with E-state index in [-0.39, 0.29) is 5.91 Å². The number of aliphatic imine (C=N–C) groups is 1. The van der Waals surface area contributed by atoms with Gasteiger partial charge < -0.3 is 5.32 Å². The number of fused-ring (bicyclic) bond motifs is 1. The van der Waals surface area contributed by atoms with E-state index in [1.54, 1.807) is 18.2 Å². The maximum atomic E-state index is 12.0. The molecule has 0 unspecified atom stereocenters. The fourth-order valence-corrected chi connectivity index (χ4v) is 2.35. The molecule has 1 aliphatic rings. The highest BCUT2D eigenvalue weighted by atomic mass is 35.5. The Hall–Kier alpha value is -1.84. The SMILES string of the molecule is Cc1ccc2c(c1)C(=Nc1ccc(Cl)c(Cl)c1)C(=O)N2. The molecule has 0 atom stereocenters. The van der Waals surface area contributed by atoms with Gasteiger partial charge in [-0.15, -0.1) is 0 Å². The Labute approximate surface area is 126 Å². The number of nitrogens with zero attached hydrogens (tertiary/aromatic N) is 1. The summed E-state index contributed by atoms with van der Waals surface area (Å²) in [5, 5.41) is 3.67. The minimum absolute atomic E-state index is 0.211. The second-order valence-corrected chi connectivity index (χ2v) is 5.38. The highest BCUT2D eigenvalue weighted by Gasteiger charge is 2.25.